The largest absolute Gasteiger partial charge is 0.490 e. The Labute approximate surface area is 217 Å². The Kier molecular flexibility index (Phi) is 9.00. The van der Waals surface area contributed by atoms with Crippen molar-refractivity contribution in [1.82, 2.24) is 0 Å². The van der Waals surface area contributed by atoms with Crippen LogP contribution in [0.1, 0.15) is 23.6 Å². The number of allylic oxidation sites excluding steroid dienone is 1. The van der Waals surface area contributed by atoms with Crippen LogP contribution in [0, 0.1) is 18.3 Å². The van der Waals surface area contributed by atoms with Gasteiger partial charge in [-0.15, -0.1) is 0 Å². The van der Waals surface area contributed by atoms with Crippen LogP contribution < -0.4 is 14.8 Å². The first-order chi connectivity index (χ1) is 16.3. The van der Waals surface area contributed by atoms with Gasteiger partial charge >= 0.3 is 0 Å². The number of benzene rings is 3. The van der Waals surface area contributed by atoms with Gasteiger partial charge in [-0.1, -0.05) is 41.4 Å². The number of carbonyl (C=O) groups is 1. The van der Waals surface area contributed by atoms with E-state index in [0.29, 0.717) is 55.0 Å². The van der Waals surface area contributed by atoms with Gasteiger partial charge in [0, 0.05) is 16.3 Å². The summed E-state index contributed by atoms with van der Waals surface area (Å²) in [6.45, 7) is 3.98. The maximum absolute atomic E-state index is 12.4. The lowest BCUT2D eigenvalue weighted by atomic mass is 10.0. The highest BCUT2D eigenvalue weighted by molar-refractivity contribution is 9.10. The minimum absolute atomic E-state index is 0.203. The summed E-state index contributed by atoms with van der Waals surface area (Å²) in [5.74, 6) is 0.528. The van der Waals surface area contributed by atoms with Crippen molar-refractivity contribution >= 4 is 62.4 Å². The highest BCUT2D eigenvalue weighted by atomic mass is 79.9. The van der Waals surface area contributed by atoms with Crippen LogP contribution in [0.4, 0.5) is 5.69 Å². The van der Waals surface area contributed by atoms with Crippen molar-refractivity contribution in [3.8, 4) is 17.6 Å². The Bertz CT molecular complexity index is 1290. The van der Waals surface area contributed by atoms with Crippen molar-refractivity contribution in [2.45, 2.75) is 13.8 Å². The van der Waals surface area contributed by atoms with Crippen LogP contribution >= 0.6 is 39.1 Å². The van der Waals surface area contributed by atoms with Gasteiger partial charge in [-0.3, -0.25) is 4.79 Å². The predicted molar refractivity (Wildman–Crippen MR) is 141 cm³/mol. The summed E-state index contributed by atoms with van der Waals surface area (Å²) in [5.41, 5.74) is 3.36. The van der Waals surface area contributed by atoms with Crippen LogP contribution in [0.25, 0.3) is 11.6 Å². The maximum atomic E-state index is 12.4. The van der Waals surface area contributed by atoms with E-state index in [4.69, 9.17) is 32.7 Å². The molecule has 3 aromatic rings. The van der Waals surface area contributed by atoms with E-state index in [9.17, 15) is 10.1 Å². The summed E-state index contributed by atoms with van der Waals surface area (Å²) < 4.78 is 12.1. The summed E-state index contributed by atoms with van der Waals surface area (Å²) in [4.78, 5) is 12.4. The molecule has 0 spiro atoms. The lowest BCUT2D eigenvalue weighted by molar-refractivity contribution is -0.118. The number of nitrogens with one attached hydrogen (secondary N) is 1. The molecule has 0 atom stereocenters. The van der Waals surface area contributed by atoms with Crippen LogP contribution in [0.5, 0.6) is 11.5 Å². The second kappa shape index (κ2) is 11.9. The van der Waals surface area contributed by atoms with Crippen molar-refractivity contribution in [3.05, 3.63) is 85.8 Å². The zero-order valence-electron chi connectivity index (χ0n) is 18.5. The minimum Gasteiger partial charge on any atom is -0.490 e. The van der Waals surface area contributed by atoms with Gasteiger partial charge in [-0.25, -0.2) is 0 Å². The lowest BCUT2D eigenvalue weighted by Crippen LogP contribution is -2.20. The first-order valence-corrected chi connectivity index (χ1v) is 11.9. The molecule has 0 unspecified atom stereocenters. The molecule has 1 N–H and O–H groups in total. The number of anilines is 1. The number of carbonyl (C=O) groups excluding carboxylic acids is 1. The molecule has 0 aliphatic rings. The van der Waals surface area contributed by atoms with Gasteiger partial charge in [-0.2, -0.15) is 5.26 Å². The average Bonchev–Trinajstić information content (AvgIpc) is 2.77. The van der Waals surface area contributed by atoms with Gasteiger partial charge < -0.3 is 14.8 Å². The Morgan fingerprint density at radius 1 is 1.15 bits per heavy atom. The topological polar surface area (TPSA) is 71.3 Å². The number of aryl methyl sites for hydroxylation is 1. The van der Waals surface area contributed by atoms with Crippen molar-refractivity contribution in [1.29, 1.82) is 5.26 Å². The zero-order chi connectivity index (χ0) is 24.7. The number of nitriles is 1. The molecule has 1 amide bonds. The van der Waals surface area contributed by atoms with E-state index in [2.05, 4.69) is 27.3 Å². The van der Waals surface area contributed by atoms with Crippen molar-refractivity contribution in [2.24, 2.45) is 0 Å². The third-order valence-electron chi connectivity index (χ3n) is 4.63. The monoisotopic (exact) mass is 558 g/mol. The first-order valence-electron chi connectivity index (χ1n) is 10.3. The van der Waals surface area contributed by atoms with Crippen LogP contribution in [0.15, 0.2) is 59.1 Å². The predicted octanol–water partition coefficient (Wildman–Crippen LogP) is 7.54. The van der Waals surface area contributed by atoms with Crippen molar-refractivity contribution in [2.75, 3.05) is 18.5 Å². The molecule has 0 aromatic heterocycles. The molecular formula is C26H21BrCl2N2O3. The molecule has 0 radical (unpaired) electrons. The third kappa shape index (κ3) is 6.77. The smallest absolute Gasteiger partial charge is 0.262 e. The first kappa shape index (κ1) is 25.6. The molecule has 3 rings (SSSR count). The van der Waals surface area contributed by atoms with Gasteiger partial charge in [0.15, 0.2) is 18.1 Å². The number of nitrogens with zero attached hydrogens (tertiary/aromatic N) is 1. The summed E-state index contributed by atoms with van der Waals surface area (Å²) in [7, 11) is 0. The second-order valence-electron chi connectivity index (χ2n) is 7.26. The molecule has 3 aromatic carbocycles. The summed E-state index contributed by atoms with van der Waals surface area (Å²) >= 11 is 15.7. The van der Waals surface area contributed by atoms with E-state index in [-0.39, 0.29) is 12.5 Å². The molecule has 5 nitrogen and oxygen atoms in total. The van der Waals surface area contributed by atoms with Crippen LogP contribution in [0.2, 0.25) is 10.0 Å². The fourth-order valence-corrected chi connectivity index (χ4v) is 4.26. The standard InChI is InChI=1S/C26H21BrCl2N2O3/c1-3-33-24-12-17(10-18(14-30)21-8-7-19(28)13-23(21)29)11-22(27)26(24)34-15-25(32)31-20-6-4-5-16(2)9-20/h4-13H,3,15H2,1-2H3,(H,31,32)/b18-10+. The average molecular weight is 560 g/mol. The van der Waals surface area contributed by atoms with Gasteiger partial charge in [0.05, 0.1) is 27.7 Å². The highest BCUT2D eigenvalue weighted by Crippen LogP contribution is 2.38. The molecule has 34 heavy (non-hydrogen) atoms. The van der Waals surface area contributed by atoms with E-state index >= 15 is 0 Å². The Morgan fingerprint density at radius 3 is 2.62 bits per heavy atom. The molecule has 0 fully saturated rings. The van der Waals surface area contributed by atoms with Gasteiger partial charge in [0.2, 0.25) is 0 Å². The fourth-order valence-electron chi connectivity index (χ4n) is 3.18. The number of rotatable bonds is 8. The van der Waals surface area contributed by atoms with Crippen molar-refractivity contribution in [3.63, 3.8) is 0 Å². The number of hydrogen-bond donors (Lipinski definition) is 1. The highest BCUT2D eigenvalue weighted by Gasteiger charge is 2.15. The Balaban J connectivity index is 1.84. The normalized spacial score (nSPS) is 11.0. The second-order valence-corrected chi connectivity index (χ2v) is 8.96. The van der Waals surface area contributed by atoms with Crippen LogP contribution in [-0.4, -0.2) is 19.1 Å². The molecule has 0 saturated heterocycles. The summed E-state index contributed by atoms with van der Waals surface area (Å²) in [6, 6.07) is 18.2. The molecule has 0 aliphatic heterocycles. The van der Waals surface area contributed by atoms with Gasteiger partial charge in [0.1, 0.15) is 0 Å². The van der Waals surface area contributed by atoms with E-state index < -0.39 is 0 Å². The van der Waals surface area contributed by atoms with Crippen molar-refractivity contribution < 1.29 is 14.3 Å². The number of amides is 1. The van der Waals surface area contributed by atoms with Crippen LogP contribution in [-0.2, 0) is 4.79 Å². The summed E-state index contributed by atoms with van der Waals surface area (Å²) in [5, 5.41) is 13.4. The van der Waals surface area contributed by atoms with E-state index in [1.807, 2.05) is 38.1 Å². The molecule has 0 bridgehead atoms. The van der Waals surface area contributed by atoms with E-state index in [1.165, 1.54) is 0 Å². The Hall–Kier alpha value is -2.98. The molecule has 174 valence electrons. The molecule has 8 heteroatoms. The van der Waals surface area contributed by atoms with Gasteiger partial charge in [-0.05, 0) is 83.4 Å². The molecule has 0 aliphatic carbocycles. The number of ether oxygens (including phenoxy) is 2. The Morgan fingerprint density at radius 2 is 1.94 bits per heavy atom. The van der Waals surface area contributed by atoms with Gasteiger partial charge in [0.25, 0.3) is 5.91 Å². The third-order valence-corrected chi connectivity index (χ3v) is 5.77. The number of halogens is 3. The molecule has 0 heterocycles. The zero-order valence-corrected chi connectivity index (χ0v) is 21.6. The minimum atomic E-state index is -0.298. The van der Waals surface area contributed by atoms with E-state index in [0.717, 1.165) is 5.56 Å². The fraction of sp³-hybridized carbons (Fsp3) is 0.154. The number of hydrogen-bond acceptors (Lipinski definition) is 4. The maximum Gasteiger partial charge on any atom is 0.262 e. The van der Waals surface area contributed by atoms with E-state index in [1.54, 1.807) is 36.4 Å². The molecular weight excluding hydrogens is 539 g/mol. The molecule has 0 saturated carbocycles. The lowest BCUT2D eigenvalue weighted by Gasteiger charge is -2.15. The SMILES string of the molecule is CCOc1cc(/C=C(\C#N)c2ccc(Cl)cc2Cl)cc(Br)c1OCC(=O)Nc1cccc(C)c1. The van der Waals surface area contributed by atoms with Crippen LogP contribution in [0.3, 0.4) is 0 Å². The summed E-state index contributed by atoms with van der Waals surface area (Å²) in [6.07, 6.45) is 1.69. The quantitative estimate of drug-likeness (QED) is 0.228.